The number of aryl methyl sites for hydroxylation is 1. The predicted molar refractivity (Wildman–Crippen MR) is 399 cm³/mol. The van der Waals surface area contributed by atoms with Crippen molar-refractivity contribution in [3.8, 4) is 74.0 Å². The van der Waals surface area contributed by atoms with Crippen molar-refractivity contribution in [1.29, 1.82) is 0 Å². The van der Waals surface area contributed by atoms with Crippen molar-refractivity contribution in [1.82, 2.24) is 39.9 Å². The Kier molecular flexibility index (Phi) is 36.5. The summed E-state index contributed by atoms with van der Waals surface area (Å²) in [6.07, 6.45) is 34.0. The second kappa shape index (κ2) is 46.7. The molecule has 528 valence electrons. The van der Waals surface area contributed by atoms with Crippen molar-refractivity contribution in [2.24, 2.45) is 5.41 Å². The molecule has 8 bridgehead atoms. The molecular weight excluding hydrogens is 1620 g/mol. The average Bonchev–Trinajstić information content (AvgIpc) is 0.793. The van der Waals surface area contributed by atoms with Crippen LogP contribution >= 0.6 is 0 Å². The van der Waals surface area contributed by atoms with Crippen LogP contribution in [0.5, 0.6) is 28.7 Å². The first-order chi connectivity index (χ1) is 49.4. The van der Waals surface area contributed by atoms with Gasteiger partial charge in [-0.15, -0.1) is 6.07 Å². The molecule has 0 spiro atoms. The van der Waals surface area contributed by atoms with Gasteiger partial charge in [0.15, 0.2) is 0 Å². The van der Waals surface area contributed by atoms with Gasteiger partial charge in [-0.1, -0.05) is 143 Å². The Bertz CT molecular complexity index is 3970. The van der Waals surface area contributed by atoms with E-state index in [0.29, 0.717) is 42.6 Å². The van der Waals surface area contributed by atoms with Gasteiger partial charge in [0, 0.05) is 107 Å². The number of rotatable bonds is 16. The normalized spacial score (nSPS) is 12.6. The monoisotopic (exact) mass is 1710 g/mol. The number of unbranched alkanes of at least 4 members (excludes halogenated alkanes) is 4. The zero-order valence-electron chi connectivity index (χ0n) is 58.4. The van der Waals surface area contributed by atoms with Gasteiger partial charge >= 0.3 is 0 Å². The fourth-order valence-electron chi connectivity index (χ4n) is 11.3. The van der Waals surface area contributed by atoms with Crippen LogP contribution in [0.3, 0.4) is 0 Å². The van der Waals surface area contributed by atoms with Crippen LogP contribution in [0.15, 0.2) is 274 Å². The van der Waals surface area contributed by atoms with Gasteiger partial charge in [0.25, 0.3) is 0 Å². The van der Waals surface area contributed by atoms with Gasteiger partial charge in [-0.3, -0.25) is 34.9 Å². The molecular formula is C87H91IrN8O5Re-3. The Balaban J connectivity index is 0.000000256. The topological polar surface area (TPSA) is 160 Å². The van der Waals surface area contributed by atoms with E-state index < -0.39 is 6.29 Å². The summed E-state index contributed by atoms with van der Waals surface area (Å²) in [5.41, 5.74) is 9.95. The van der Waals surface area contributed by atoms with E-state index in [9.17, 15) is 0 Å². The molecule has 1 atom stereocenters. The number of phenolic OH excluding ortho intramolecular Hbond substituents is 1. The van der Waals surface area contributed by atoms with E-state index in [0.717, 1.165) is 135 Å². The molecule has 0 aliphatic carbocycles. The minimum Gasteiger partial charge on any atom is -0.528 e. The van der Waals surface area contributed by atoms with Gasteiger partial charge in [-0.25, -0.2) is 4.98 Å². The van der Waals surface area contributed by atoms with Crippen LogP contribution in [-0.4, -0.2) is 64.5 Å². The van der Waals surface area contributed by atoms with Gasteiger partial charge in [-0.05, 0) is 159 Å². The molecule has 0 amide bonds. The summed E-state index contributed by atoms with van der Waals surface area (Å²) < 4.78 is 26.0. The smallest absolute Gasteiger partial charge is 0.233 e. The molecule has 12 aromatic rings. The number of hydrogen-bond acceptors (Lipinski definition) is 13. The molecule has 0 saturated carbocycles. The summed E-state index contributed by atoms with van der Waals surface area (Å²) in [4.78, 5) is 36.7. The number of aromatic nitrogens is 8. The quantitative estimate of drug-likeness (QED) is 0.0720. The predicted octanol–water partition coefficient (Wildman–Crippen LogP) is 20.4. The van der Waals surface area contributed by atoms with Crippen molar-refractivity contribution in [3.05, 3.63) is 309 Å². The Labute approximate surface area is 631 Å². The maximum Gasteiger partial charge on any atom is 0.233 e. The second-order valence-electron chi connectivity index (χ2n) is 24.6. The largest absolute Gasteiger partial charge is 0.528 e. The fourth-order valence-corrected chi connectivity index (χ4v) is 11.3. The number of hydrogen-bond donors (Lipinski definition) is 1. The summed E-state index contributed by atoms with van der Waals surface area (Å²) >= 11 is 0. The van der Waals surface area contributed by atoms with Crippen LogP contribution in [0.2, 0.25) is 0 Å². The number of para-hydroxylation sites is 1. The fraction of sp³-hybridized carbons (Fsp3) is 0.264. The van der Waals surface area contributed by atoms with Crippen molar-refractivity contribution in [2.45, 2.75) is 129 Å². The van der Waals surface area contributed by atoms with E-state index in [1.54, 1.807) is 49.1 Å². The molecule has 1 unspecified atom stereocenters. The van der Waals surface area contributed by atoms with Gasteiger partial charge in [0.05, 0.1) is 59.9 Å². The van der Waals surface area contributed by atoms with Crippen LogP contribution in [0.4, 0.5) is 0 Å². The van der Waals surface area contributed by atoms with Crippen LogP contribution in [0.25, 0.3) is 45.3 Å². The average molecular weight is 1710 g/mol. The zero-order valence-corrected chi connectivity index (χ0v) is 63.5. The second-order valence-corrected chi connectivity index (χ2v) is 24.6. The van der Waals surface area contributed by atoms with Crippen LogP contribution in [0.1, 0.15) is 121 Å². The van der Waals surface area contributed by atoms with Crippen molar-refractivity contribution >= 4 is 0 Å². The number of ether oxygens (including phenoxy) is 4. The Morgan fingerprint density at radius 2 is 0.980 bits per heavy atom. The van der Waals surface area contributed by atoms with Gasteiger partial charge in [-0.2, -0.15) is 72.8 Å². The first-order valence-corrected chi connectivity index (χ1v) is 35.0. The molecule has 102 heavy (non-hydrogen) atoms. The molecule has 3 aliphatic rings. The Hall–Kier alpha value is -9.61. The number of nitrogens with zero attached hydrogens (tertiary/aromatic N) is 8. The molecule has 1 N–H and O–H groups in total. The van der Waals surface area contributed by atoms with Crippen LogP contribution < -0.4 is 18.9 Å². The molecule has 4 aromatic carbocycles. The third kappa shape index (κ3) is 29.2. The standard InChI is InChI=1S/C47H50N5O4.C22H25N3.C6H6O.2C6H5.Ir.Re/c1-2-3-4-7-10-22-47-55-36-24-26-42(51-34-36)44-21-17-20-43(52-44)41-25-23-35(33-50-41)53-29-15-8-5-6-9-16-30-54-45-32-46(56-47)38(40-19-12-14-28-49-40)31-37(45)39-18-11-13-27-48-39;1-22(15-19-7-5-12-23-17-19,16-20-8-6-13-24-18-20)11-4-10-21-9-2-3-14-25-21;7-6-4-2-1-3-5-6;2*1-2-4-6-5-3-1;;/h11-14,17-21,23-28,32-34,47H,2-10,15-16,22,29-30H2,1H3;2-3,5-9,12-14,17-18H,4,10-11,15-16H2,1H3;1-5,7H;2*1-5H;;/q-1;;;2*-1;;. The van der Waals surface area contributed by atoms with E-state index in [1.165, 1.54) is 36.1 Å². The first-order valence-electron chi connectivity index (χ1n) is 35.0. The third-order valence-electron chi connectivity index (χ3n) is 16.3. The summed E-state index contributed by atoms with van der Waals surface area (Å²) in [6.45, 7) is 5.83. The summed E-state index contributed by atoms with van der Waals surface area (Å²) in [7, 11) is 0. The number of pyridine rings is 8. The summed E-state index contributed by atoms with van der Waals surface area (Å²) in [5, 5.41) is 8.63. The molecule has 11 heterocycles. The van der Waals surface area contributed by atoms with E-state index in [2.05, 4.69) is 81.2 Å². The molecule has 13 nitrogen and oxygen atoms in total. The SMILES string of the molecule is CC(CCCc1ccccn1)(Cc1cccnc1)Cc1cccnc1.CCCCCCCC1Oc2ccc(nc2)-c2cccc(n2)-c2ccc(cn2)OCCCCCCCCOc2cc(c(-c3ccccn3)[c-]c2-c2ccccn2)O1.Oc1ccccc1.[Ir].[Re].[c-]1ccccc1.[c-]1ccccc1. The van der Waals surface area contributed by atoms with E-state index in [4.69, 9.17) is 39.0 Å². The van der Waals surface area contributed by atoms with E-state index in [1.807, 2.05) is 201 Å². The number of phenols is 1. The number of benzene rings is 4. The van der Waals surface area contributed by atoms with E-state index >= 15 is 0 Å². The Morgan fingerprint density at radius 1 is 0.451 bits per heavy atom. The van der Waals surface area contributed by atoms with Gasteiger partial charge < -0.3 is 24.1 Å². The molecule has 0 fully saturated rings. The van der Waals surface area contributed by atoms with Crippen molar-refractivity contribution in [2.75, 3.05) is 13.2 Å². The third-order valence-corrected chi connectivity index (χ3v) is 16.3. The molecule has 2 radical (unpaired) electrons. The number of aromatic hydroxyl groups is 1. The maximum atomic E-state index is 8.63. The Morgan fingerprint density at radius 3 is 1.47 bits per heavy atom. The van der Waals surface area contributed by atoms with Crippen molar-refractivity contribution in [3.63, 3.8) is 0 Å². The van der Waals surface area contributed by atoms with Gasteiger partial charge in [0.2, 0.25) is 6.29 Å². The summed E-state index contributed by atoms with van der Waals surface area (Å²) in [6, 6.07) is 79.2. The molecule has 15 rings (SSSR count). The van der Waals surface area contributed by atoms with Crippen molar-refractivity contribution < 1.29 is 64.6 Å². The minimum absolute atomic E-state index is 0. The summed E-state index contributed by atoms with van der Waals surface area (Å²) in [5.74, 6) is 2.94. The van der Waals surface area contributed by atoms with Crippen LogP contribution in [0, 0.1) is 23.6 Å². The van der Waals surface area contributed by atoms with Crippen LogP contribution in [-0.2, 0) is 59.8 Å². The minimum atomic E-state index is -0.601. The first kappa shape index (κ1) is 79.7. The zero-order chi connectivity index (χ0) is 69.2. The van der Waals surface area contributed by atoms with Gasteiger partial charge in [0.1, 0.15) is 17.2 Å². The maximum absolute atomic E-state index is 8.63. The number of fused-ring (bicyclic) bond motifs is 2. The molecule has 3 aliphatic heterocycles. The molecule has 8 aromatic heterocycles. The van der Waals surface area contributed by atoms with E-state index in [-0.39, 0.29) is 45.9 Å². The molecule has 15 heteroatoms. The molecule has 0 saturated heterocycles.